The van der Waals surface area contributed by atoms with Crippen molar-refractivity contribution in [1.29, 1.82) is 0 Å². The predicted molar refractivity (Wildman–Crippen MR) is 55.6 cm³/mol. The van der Waals surface area contributed by atoms with Gasteiger partial charge in [-0.05, 0) is 6.42 Å². The molecule has 1 nitrogen and oxygen atoms in total. The molecule has 0 aliphatic heterocycles. The topological polar surface area (TPSA) is 9.23 Å². The highest BCUT2D eigenvalue weighted by Crippen LogP contribution is 2.61. The molecule has 128 valence electrons. The fourth-order valence-corrected chi connectivity index (χ4v) is 1.69. The van der Waals surface area contributed by atoms with Gasteiger partial charge >= 0.3 is 18.5 Å². The molecule has 0 fully saturated rings. The van der Waals surface area contributed by atoms with E-state index in [0.29, 0.717) is 12.8 Å². The molecule has 0 aromatic heterocycles. The predicted octanol–water partition coefficient (Wildman–Crippen LogP) is 5.26. The highest BCUT2D eigenvalue weighted by Gasteiger charge is 2.82. The Balaban J connectivity index is 5.08. The van der Waals surface area contributed by atoms with E-state index < -0.39 is 37.0 Å². The van der Waals surface area contributed by atoms with E-state index in [2.05, 4.69) is 4.74 Å². The zero-order chi connectivity index (χ0) is 16.9. The molecule has 0 spiro atoms. The molecule has 0 saturated carbocycles. The van der Waals surface area contributed by atoms with E-state index in [4.69, 9.17) is 0 Å². The number of halogens is 9. The number of ether oxygens (including phenoxy) is 1. The molecule has 0 bridgehead atoms. The smallest absolute Gasteiger partial charge is 0.381 e. The van der Waals surface area contributed by atoms with Crippen LogP contribution in [0.4, 0.5) is 39.5 Å². The quantitative estimate of drug-likeness (QED) is 0.456. The van der Waals surface area contributed by atoms with Crippen LogP contribution in [0.25, 0.3) is 0 Å². The monoisotopic (exact) mass is 334 g/mol. The maximum atomic E-state index is 12.5. The molecule has 21 heavy (non-hydrogen) atoms. The SMILES string of the molecule is CCCCCOCCC(C(F)(F)F)(C(F)(F)F)C(F)(F)F. The van der Waals surface area contributed by atoms with Crippen LogP contribution in [0.3, 0.4) is 0 Å². The van der Waals surface area contributed by atoms with Gasteiger partial charge in [-0.25, -0.2) is 0 Å². The summed E-state index contributed by atoms with van der Waals surface area (Å²) in [5.41, 5.74) is -5.77. The summed E-state index contributed by atoms with van der Waals surface area (Å²) in [5.74, 6) is 0. The standard InChI is InChI=1S/C11H15F9O/c1-2-3-4-6-21-7-5-8(9(12,13)14,10(15,16)17)11(18,19)20/h2-7H2,1H3. The minimum atomic E-state index is -6.50. The third-order valence-corrected chi connectivity index (χ3v) is 2.97. The van der Waals surface area contributed by atoms with Crippen molar-refractivity contribution in [3.8, 4) is 0 Å². The van der Waals surface area contributed by atoms with Crippen molar-refractivity contribution >= 4 is 0 Å². The second-order valence-electron chi connectivity index (χ2n) is 4.47. The lowest BCUT2D eigenvalue weighted by Crippen LogP contribution is -2.60. The van der Waals surface area contributed by atoms with Crippen LogP contribution in [0.15, 0.2) is 0 Å². The maximum absolute atomic E-state index is 12.5. The van der Waals surface area contributed by atoms with Gasteiger partial charge in [-0.2, -0.15) is 39.5 Å². The number of alkyl halides is 9. The highest BCUT2D eigenvalue weighted by molar-refractivity contribution is 4.99. The molecule has 0 aromatic rings. The van der Waals surface area contributed by atoms with Gasteiger partial charge in [0.25, 0.3) is 5.41 Å². The number of hydrogen-bond acceptors (Lipinski definition) is 1. The largest absolute Gasteiger partial charge is 0.412 e. The van der Waals surface area contributed by atoms with Crippen molar-refractivity contribution < 1.29 is 44.3 Å². The average molecular weight is 334 g/mol. The van der Waals surface area contributed by atoms with E-state index in [1.165, 1.54) is 0 Å². The second-order valence-corrected chi connectivity index (χ2v) is 4.47. The summed E-state index contributed by atoms with van der Waals surface area (Å²) >= 11 is 0. The fourth-order valence-electron chi connectivity index (χ4n) is 1.69. The van der Waals surface area contributed by atoms with Crippen molar-refractivity contribution in [3.05, 3.63) is 0 Å². The van der Waals surface area contributed by atoms with Gasteiger partial charge in [0, 0.05) is 19.6 Å². The maximum Gasteiger partial charge on any atom is 0.412 e. The van der Waals surface area contributed by atoms with E-state index in [-0.39, 0.29) is 6.61 Å². The van der Waals surface area contributed by atoms with E-state index in [9.17, 15) is 39.5 Å². The van der Waals surface area contributed by atoms with Crippen LogP contribution in [0.5, 0.6) is 0 Å². The van der Waals surface area contributed by atoms with Gasteiger partial charge in [-0.15, -0.1) is 0 Å². The van der Waals surface area contributed by atoms with Gasteiger partial charge in [-0.1, -0.05) is 19.8 Å². The van der Waals surface area contributed by atoms with E-state index in [1.54, 1.807) is 6.92 Å². The van der Waals surface area contributed by atoms with Gasteiger partial charge in [0.2, 0.25) is 0 Å². The minimum absolute atomic E-state index is 0.183. The summed E-state index contributed by atoms with van der Waals surface area (Å²) in [6.45, 7) is 0.335. The van der Waals surface area contributed by atoms with E-state index in [1.807, 2.05) is 0 Å². The Morgan fingerprint density at radius 2 is 1.10 bits per heavy atom. The van der Waals surface area contributed by atoms with Crippen LogP contribution < -0.4 is 0 Å². The molecule has 10 heteroatoms. The molecule has 0 saturated heterocycles. The average Bonchev–Trinajstić information content (AvgIpc) is 2.22. The molecule has 0 heterocycles. The first-order valence-electron chi connectivity index (χ1n) is 6.09. The van der Waals surface area contributed by atoms with Crippen LogP contribution in [0.1, 0.15) is 32.6 Å². The van der Waals surface area contributed by atoms with Gasteiger partial charge in [0.15, 0.2) is 0 Å². The second kappa shape index (κ2) is 7.06. The Kier molecular flexibility index (Phi) is 6.83. The summed E-state index contributed by atoms with van der Waals surface area (Å²) in [6.07, 6.45) is -20.1. The lowest BCUT2D eigenvalue weighted by Gasteiger charge is -2.38. The van der Waals surface area contributed by atoms with Crippen LogP contribution in [0.2, 0.25) is 0 Å². The molecule has 0 amide bonds. The first-order chi connectivity index (χ1) is 9.31. The third kappa shape index (κ3) is 4.65. The number of unbranched alkanes of at least 4 members (excludes halogenated alkanes) is 2. The van der Waals surface area contributed by atoms with Gasteiger partial charge in [-0.3, -0.25) is 0 Å². The van der Waals surface area contributed by atoms with Crippen molar-refractivity contribution in [2.45, 2.75) is 51.1 Å². The normalized spacial score (nSPS) is 14.6. The fraction of sp³-hybridized carbons (Fsp3) is 1.00. The number of rotatable bonds is 7. The van der Waals surface area contributed by atoms with Crippen LogP contribution >= 0.6 is 0 Å². The molecule has 0 atom stereocenters. The van der Waals surface area contributed by atoms with Crippen LogP contribution in [0, 0.1) is 5.41 Å². The summed E-state index contributed by atoms with van der Waals surface area (Å²) < 4.78 is 117. The molecule has 0 aliphatic rings. The molecule has 0 aliphatic carbocycles. The molecule has 0 unspecified atom stereocenters. The van der Waals surface area contributed by atoms with Crippen molar-refractivity contribution in [2.24, 2.45) is 5.41 Å². The molecule has 0 N–H and O–H groups in total. The van der Waals surface area contributed by atoms with Gasteiger partial charge in [0.1, 0.15) is 0 Å². The molecule has 0 aromatic carbocycles. The third-order valence-electron chi connectivity index (χ3n) is 2.97. The molecule has 0 rings (SSSR count). The zero-order valence-corrected chi connectivity index (χ0v) is 11.1. The molecular formula is C11H15F9O. The van der Waals surface area contributed by atoms with Crippen LogP contribution in [-0.2, 0) is 4.74 Å². The summed E-state index contributed by atoms with van der Waals surface area (Å²) in [6, 6.07) is 0. The molecular weight excluding hydrogens is 319 g/mol. The van der Waals surface area contributed by atoms with E-state index in [0.717, 1.165) is 6.42 Å². The lowest BCUT2D eigenvalue weighted by atomic mass is 9.82. The minimum Gasteiger partial charge on any atom is -0.381 e. The Bertz CT molecular complexity index is 266. The first kappa shape index (κ1) is 20.3. The van der Waals surface area contributed by atoms with Crippen LogP contribution in [-0.4, -0.2) is 31.7 Å². The Labute approximate surface area is 115 Å². The zero-order valence-electron chi connectivity index (χ0n) is 11.1. The summed E-state index contributed by atoms with van der Waals surface area (Å²) in [7, 11) is 0. The van der Waals surface area contributed by atoms with Crippen molar-refractivity contribution in [2.75, 3.05) is 13.2 Å². The lowest BCUT2D eigenvalue weighted by molar-refractivity contribution is -0.430. The molecule has 0 radical (unpaired) electrons. The van der Waals surface area contributed by atoms with Gasteiger partial charge < -0.3 is 4.74 Å². The van der Waals surface area contributed by atoms with Gasteiger partial charge in [0.05, 0.1) is 0 Å². The van der Waals surface area contributed by atoms with Crippen molar-refractivity contribution in [1.82, 2.24) is 0 Å². The van der Waals surface area contributed by atoms with E-state index >= 15 is 0 Å². The number of hydrogen-bond donors (Lipinski definition) is 0. The Morgan fingerprint density at radius 3 is 1.43 bits per heavy atom. The first-order valence-corrected chi connectivity index (χ1v) is 6.09. The Morgan fingerprint density at radius 1 is 0.667 bits per heavy atom. The summed E-state index contributed by atoms with van der Waals surface area (Å²) in [5, 5.41) is 0. The summed E-state index contributed by atoms with van der Waals surface area (Å²) in [4.78, 5) is 0. The van der Waals surface area contributed by atoms with Crippen molar-refractivity contribution in [3.63, 3.8) is 0 Å². The highest BCUT2D eigenvalue weighted by atomic mass is 19.4. The Hall–Kier alpha value is -0.670.